The molecule has 1 aliphatic rings. The predicted molar refractivity (Wildman–Crippen MR) is 86.0 cm³/mol. The van der Waals surface area contributed by atoms with Gasteiger partial charge in [-0.1, -0.05) is 24.3 Å². The molecule has 1 atom stereocenters. The van der Waals surface area contributed by atoms with Crippen molar-refractivity contribution in [3.05, 3.63) is 35.4 Å². The quantitative estimate of drug-likeness (QED) is 0.415. The Labute approximate surface area is 172 Å². The SMILES string of the molecule is Cc1ccccc1C(C(=O)O)[NH+]1CC[NH2+]CC1.O=C([O-])C(F)(F)F.O=C([O-])C(F)(F)F. The summed E-state index contributed by atoms with van der Waals surface area (Å²) in [4.78, 5) is 30.3. The summed E-state index contributed by atoms with van der Waals surface area (Å²) in [5.41, 5.74) is 2.03. The second kappa shape index (κ2) is 12.1. The Bertz CT molecular complexity index is 723. The van der Waals surface area contributed by atoms with Crippen molar-refractivity contribution in [1.29, 1.82) is 0 Å². The van der Waals surface area contributed by atoms with Gasteiger partial charge in [0.25, 0.3) is 0 Å². The molecule has 0 bridgehead atoms. The number of carboxylic acids is 3. The zero-order chi connectivity index (χ0) is 24.4. The highest BCUT2D eigenvalue weighted by atomic mass is 19.4. The number of benzene rings is 1. The van der Waals surface area contributed by atoms with Crippen LogP contribution in [0.3, 0.4) is 0 Å². The molecule has 0 aliphatic carbocycles. The van der Waals surface area contributed by atoms with Gasteiger partial charge in [0.2, 0.25) is 6.04 Å². The molecule has 1 heterocycles. The zero-order valence-electron chi connectivity index (χ0n) is 16.0. The van der Waals surface area contributed by atoms with Crippen LogP contribution in [-0.2, 0) is 14.4 Å². The third-order valence-electron chi connectivity index (χ3n) is 3.96. The summed E-state index contributed by atoms with van der Waals surface area (Å²) < 4.78 is 63.1. The van der Waals surface area contributed by atoms with E-state index in [2.05, 4.69) is 5.32 Å². The maximum absolute atomic E-state index is 11.5. The van der Waals surface area contributed by atoms with E-state index in [0.717, 1.165) is 37.3 Å². The molecule has 1 saturated heterocycles. The molecule has 176 valence electrons. The van der Waals surface area contributed by atoms with Crippen molar-refractivity contribution >= 4 is 17.9 Å². The van der Waals surface area contributed by atoms with Gasteiger partial charge in [-0.3, -0.25) is 0 Å². The number of alkyl halides is 6. The Morgan fingerprint density at radius 1 is 0.968 bits per heavy atom. The number of aryl methyl sites for hydroxylation is 1. The first-order valence-electron chi connectivity index (χ1n) is 8.60. The van der Waals surface area contributed by atoms with Crippen LogP contribution in [-0.4, -0.2) is 61.5 Å². The van der Waals surface area contributed by atoms with Crippen LogP contribution in [0.2, 0.25) is 0 Å². The second-order valence-electron chi connectivity index (χ2n) is 6.22. The van der Waals surface area contributed by atoms with Crippen molar-refractivity contribution in [2.24, 2.45) is 0 Å². The average Bonchev–Trinajstić information content (AvgIpc) is 2.63. The van der Waals surface area contributed by atoms with Gasteiger partial charge in [-0.2, -0.15) is 26.3 Å². The van der Waals surface area contributed by atoms with Crippen LogP contribution in [0.15, 0.2) is 24.3 Å². The molecule has 1 aliphatic heterocycles. The third-order valence-corrected chi connectivity index (χ3v) is 3.96. The molecular weight excluding hydrogens is 442 g/mol. The van der Waals surface area contributed by atoms with Gasteiger partial charge >= 0.3 is 18.3 Å². The van der Waals surface area contributed by atoms with Gasteiger partial charge < -0.3 is 35.1 Å². The minimum absolute atomic E-state index is 0.412. The Morgan fingerprint density at radius 2 is 1.35 bits per heavy atom. The summed E-state index contributed by atoms with van der Waals surface area (Å²) in [7, 11) is 0. The molecule has 2 rings (SSSR count). The van der Waals surface area contributed by atoms with Crippen molar-refractivity contribution in [2.45, 2.75) is 25.3 Å². The molecule has 1 fully saturated rings. The highest BCUT2D eigenvalue weighted by Gasteiger charge is 2.34. The minimum atomic E-state index is -5.19. The Morgan fingerprint density at radius 3 is 1.68 bits per heavy atom. The van der Waals surface area contributed by atoms with Gasteiger partial charge in [0.15, 0.2) is 0 Å². The van der Waals surface area contributed by atoms with Gasteiger partial charge in [0.05, 0.1) is 0 Å². The number of carbonyl (C=O) groups excluding carboxylic acids is 2. The Balaban J connectivity index is 0.000000536. The third kappa shape index (κ3) is 10.6. The first-order chi connectivity index (χ1) is 14.1. The van der Waals surface area contributed by atoms with E-state index >= 15 is 0 Å². The van der Waals surface area contributed by atoms with E-state index in [0.29, 0.717) is 0 Å². The normalized spacial score (nSPS) is 15.5. The van der Waals surface area contributed by atoms with Crippen molar-refractivity contribution in [3.63, 3.8) is 0 Å². The second-order valence-corrected chi connectivity index (χ2v) is 6.22. The first kappa shape index (κ1) is 28.1. The van der Waals surface area contributed by atoms with Gasteiger partial charge in [0.1, 0.15) is 38.1 Å². The van der Waals surface area contributed by atoms with E-state index < -0.39 is 36.3 Å². The van der Waals surface area contributed by atoms with Crippen LogP contribution in [0.25, 0.3) is 0 Å². The summed E-state index contributed by atoms with van der Waals surface area (Å²) in [5, 5.41) is 29.3. The van der Waals surface area contributed by atoms with E-state index in [9.17, 15) is 36.2 Å². The van der Waals surface area contributed by atoms with Crippen molar-refractivity contribution in [3.8, 4) is 0 Å². The molecule has 0 spiro atoms. The number of carboxylic acid groups (broad SMARTS) is 3. The smallest absolute Gasteiger partial charge is 0.430 e. The lowest BCUT2D eigenvalue weighted by Gasteiger charge is -2.28. The maximum Gasteiger partial charge on any atom is 0.430 e. The molecule has 8 nitrogen and oxygen atoms in total. The van der Waals surface area contributed by atoms with Gasteiger partial charge in [-0.25, -0.2) is 4.79 Å². The van der Waals surface area contributed by atoms with E-state index in [1.54, 1.807) is 0 Å². The molecule has 31 heavy (non-hydrogen) atoms. The molecule has 1 aromatic carbocycles. The summed E-state index contributed by atoms with van der Waals surface area (Å²) in [6.45, 7) is 5.87. The monoisotopic (exact) mass is 462 g/mol. The molecule has 0 saturated carbocycles. The van der Waals surface area contributed by atoms with Crippen LogP contribution in [0.1, 0.15) is 17.2 Å². The Kier molecular flexibility index (Phi) is 11.0. The number of nitrogens with two attached hydrogens (primary N) is 1. The fourth-order valence-electron chi connectivity index (χ4n) is 2.57. The van der Waals surface area contributed by atoms with E-state index in [-0.39, 0.29) is 0 Å². The number of nitrogens with one attached hydrogen (secondary N) is 1. The highest BCUT2D eigenvalue weighted by molar-refractivity contribution is 5.74. The fraction of sp³-hybridized carbons (Fsp3) is 0.471. The summed E-state index contributed by atoms with van der Waals surface area (Å²) in [6, 6.07) is 7.40. The number of halogens is 6. The summed E-state index contributed by atoms with van der Waals surface area (Å²) in [6.07, 6.45) is -10.4. The number of hydrogen-bond acceptors (Lipinski definition) is 5. The van der Waals surface area contributed by atoms with Crippen LogP contribution < -0.4 is 20.4 Å². The topological polar surface area (TPSA) is 139 Å². The van der Waals surface area contributed by atoms with Gasteiger partial charge in [-0.15, -0.1) is 0 Å². The molecule has 1 unspecified atom stereocenters. The highest BCUT2D eigenvalue weighted by Crippen LogP contribution is 2.15. The van der Waals surface area contributed by atoms with Crippen LogP contribution in [0.5, 0.6) is 0 Å². The molecule has 4 N–H and O–H groups in total. The zero-order valence-corrected chi connectivity index (χ0v) is 16.0. The van der Waals surface area contributed by atoms with Crippen LogP contribution >= 0.6 is 0 Å². The standard InChI is InChI=1S/C13H18N2O2.2C2HF3O2/c1-10-4-2-3-5-11(10)12(13(16)17)15-8-6-14-7-9-15;2*3-2(4,5)1(6)7/h2-5,12,14H,6-9H2,1H3,(H,16,17);2*(H,6,7). The molecule has 0 radical (unpaired) electrons. The fourth-order valence-corrected chi connectivity index (χ4v) is 2.57. The number of carbonyl (C=O) groups is 3. The predicted octanol–water partition coefficient (Wildman–Crippen LogP) is -2.82. The summed E-state index contributed by atoms with van der Waals surface area (Å²) >= 11 is 0. The van der Waals surface area contributed by atoms with Gasteiger partial charge in [-0.05, 0) is 12.5 Å². The van der Waals surface area contributed by atoms with Crippen molar-refractivity contribution in [2.75, 3.05) is 26.2 Å². The number of hydrogen-bond donors (Lipinski definition) is 3. The molecule has 1 aromatic rings. The number of quaternary nitrogens is 2. The van der Waals surface area contributed by atoms with E-state index in [4.69, 9.17) is 19.8 Å². The average molecular weight is 462 g/mol. The first-order valence-corrected chi connectivity index (χ1v) is 8.60. The maximum atomic E-state index is 11.5. The molecule has 0 amide bonds. The largest absolute Gasteiger partial charge is 0.542 e. The van der Waals surface area contributed by atoms with Crippen molar-refractivity contribution in [1.82, 2.24) is 0 Å². The van der Waals surface area contributed by atoms with E-state index in [1.165, 1.54) is 4.90 Å². The van der Waals surface area contributed by atoms with Crippen LogP contribution in [0, 0.1) is 6.92 Å². The van der Waals surface area contributed by atoms with Crippen molar-refractivity contribution < 1.29 is 66.3 Å². The Hall–Kier alpha value is -2.87. The minimum Gasteiger partial charge on any atom is -0.542 e. The molecule has 14 heteroatoms. The lowest BCUT2D eigenvalue weighted by atomic mass is 9.99. The van der Waals surface area contributed by atoms with E-state index in [1.807, 2.05) is 31.2 Å². The summed E-state index contributed by atoms with van der Waals surface area (Å²) in [5.74, 6) is -6.73. The lowest BCUT2D eigenvalue weighted by Crippen LogP contribution is -3.21. The number of rotatable bonds is 3. The van der Waals surface area contributed by atoms with Gasteiger partial charge in [0, 0.05) is 5.56 Å². The lowest BCUT2D eigenvalue weighted by molar-refractivity contribution is -0.965. The number of aliphatic carboxylic acids is 3. The molecule has 0 aromatic heterocycles. The van der Waals surface area contributed by atoms with Crippen LogP contribution in [0.4, 0.5) is 26.3 Å². The number of piperazine rings is 1. The molecular formula is C17H20F6N2O6.